The van der Waals surface area contributed by atoms with Gasteiger partial charge in [-0.25, -0.2) is 0 Å². The Morgan fingerprint density at radius 1 is 1.25 bits per heavy atom. The highest BCUT2D eigenvalue weighted by Crippen LogP contribution is 2.26. The van der Waals surface area contributed by atoms with E-state index in [4.69, 9.17) is 5.73 Å². The molecule has 2 unspecified atom stereocenters. The van der Waals surface area contributed by atoms with Gasteiger partial charge in [0.25, 0.3) is 0 Å². The zero-order chi connectivity index (χ0) is 14.7. The summed E-state index contributed by atoms with van der Waals surface area (Å²) in [6, 6.07) is -1.17. The van der Waals surface area contributed by atoms with Crippen LogP contribution in [0.25, 0.3) is 0 Å². The number of nitrogens with two attached hydrogens (primary N) is 1. The summed E-state index contributed by atoms with van der Waals surface area (Å²) >= 11 is 0. The molecule has 0 radical (unpaired) electrons. The van der Waals surface area contributed by atoms with E-state index < -0.39 is 18.0 Å². The molecule has 2 rings (SSSR count). The number of hydrogen-bond donors (Lipinski definition) is 2. The largest absolute Gasteiger partial charge is 0.368 e. The lowest BCUT2D eigenvalue weighted by Crippen LogP contribution is -2.49. The van der Waals surface area contributed by atoms with Crippen molar-refractivity contribution in [3.63, 3.8) is 0 Å². The summed E-state index contributed by atoms with van der Waals surface area (Å²) in [5.41, 5.74) is 5.18. The molecule has 2 atom stereocenters. The maximum Gasteiger partial charge on any atom is 0.247 e. The second kappa shape index (κ2) is 6.35. The topological polar surface area (TPSA) is 92.5 Å². The summed E-state index contributed by atoms with van der Waals surface area (Å²) < 4.78 is 0. The third-order valence-corrected chi connectivity index (χ3v) is 4.25. The van der Waals surface area contributed by atoms with Crippen molar-refractivity contribution >= 4 is 17.7 Å². The molecule has 2 aliphatic rings. The molecule has 3 amide bonds. The van der Waals surface area contributed by atoms with Crippen LogP contribution in [0.5, 0.6) is 0 Å². The Labute approximate surface area is 119 Å². The molecule has 2 fully saturated rings. The molecule has 6 heteroatoms. The zero-order valence-corrected chi connectivity index (χ0v) is 11.9. The van der Waals surface area contributed by atoms with E-state index in [1.54, 1.807) is 6.92 Å². The molecule has 0 aromatic heterocycles. The number of primary amides is 1. The molecule has 3 N–H and O–H groups in total. The number of rotatable bonds is 4. The summed E-state index contributed by atoms with van der Waals surface area (Å²) in [4.78, 5) is 37.0. The SMILES string of the molecule is CC(NC1CC(=O)N(C2CCCCCC2)C1=O)C(N)=O. The number of nitrogens with one attached hydrogen (secondary N) is 1. The molecule has 6 nitrogen and oxygen atoms in total. The van der Waals surface area contributed by atoms with Crippen LogP contribution in [-0.2, 0) is 14.4 Å². The van der Waals surface area contributed by atoms with Gasteiger partial charge in [-0.1, -0.05) is 25.7 Å². The van der Waals surface area contributed by atoms with E-state index in [-0.39, 0.29) is 24.3 Å². The van der Waals surface area contributed by atoms with Gasteiger partial charge in [0.15, 0.2) is 0 Å². The Balaban J connectivity index is 2.02. The number of nitrogens with zero attached hydrogens (tertiary/aromatic N) is 1. The van der Waals surface area contributed by atoms with Gasteiger partial charge in [0.05, 0.1) is 18.5 Å². The monoisotopic (exact) mass is 281 g/mol. The maximum absolute atomic E-state index is 12.4. The van der Waals surface area contributed by atoms with Gasteiger partial charge < -0.3 is 5.73 Å². The van der Waals surface area contributed by atoms with Crippen LogP contribution in [0.2, 0.25) is 0 Å². The molecule has 0 spiro atoms. The summed E-state index contributed by atoms with van der Waals surface area (Å²) in [6.45, 7) is 1.61. The third kappa shape index (κ3) is 3.17. The van der Waals surface area contributed by atoms with Gasteiger partial charge in [-0.3, -0.25) is 24.6 Å². The van der Waals surface area contributed by atoms with Gasteiger partial charge in [-0.05, 0) is 19.8 Å². The predicted octanol–water partition coefficient (Wildman–Crippen LogP) is 0.300. The average molecular weight is 281 g/mol. The first-order valence-electron chi connectivity index (χ1n) is 7.42. The Kier molecular flexibility index (Phi) is 4.75. The lowest BCUT2D eigenvalue weighted by molar-refractivity contribution is -0.141. The molecular weight excluding hydrogens is 258 g/mol. The van der Waals surface area contributed by atoms with Crippen molar-refractivity contribution in [2.24, 2.45) is 5.73 Å². The second-order valence-electron chi connectivity index (χ2n) is 5.79. The van der Waals surface area contributed by atoms with Crippen LogP contribution in [-0.4, -0.2) is 40.7 Å². The van der Waals surface area contributed by atoms with Crippen LogP contribution >= 0.6 is 0 Å². The molecule has 0 bridgehead atoms. The fraction of sp³-hybridized carbons (Fsp3) is 0.786. The Hall–Kier alpha value is -1.43. The fourth-order valence-electron chi connectivity index (χ4n) is 3.06. The van der Waals surface area contributed by atoms with E-state index >= 15 is 0 Å². The van der Waals surface area contributed by atoms with Crippen molar-refractivity contribution < 1.29 is 14.4 Å². The lowest BCUT2D eigenvalue weighted by Gasteiger charge is -2.25. The first-order valence-corrected chi connectivity index (χ1v) is 7.42. The van der Waals surface area contributed by atoms with Crippen molar-refractivity contribution in [2.75, 3.05) is 0 Å². The minimum absolute atomic E-state index is 0.0354. The third-order valence-electron chi connectivity index (χ3n) is 4.25. The summed E-state index contributed by atoms with van der Waals surface area (Å²) in [5, 5.41) is 2.86. The molecular formula is C14H23N3O3. The van der Waals surface area contributed by atoms with Gasteiger partial charge in [-0.2, -0.15) is 0 Å². The van der Waals surface area contributed by atoms with Crippen LogP contribution in [0.4, 0.5) is 0 Å². The summed E-state index contributed by atoms with van der Waals surface area (Å²) in [5.74, 6) is -0.843. The van der Waals surface area contributed by atoms with E-state index in [9.17, 15) is 14.4 Å². The molecule has 1 aliphatic heterocycles. The van der Waals surface area contributed by atoms with Crippen molar-refractivity contribution in [3.8, 4) is 0 Å². The molecule has 0 aromatic rings. The van der Waals surface area contributed by atoms with E-state index in [1.165, 1.54) is 17.7 Å². The number of likely N-dealkylation sites (tertiary alicyclic amines) is 1. The van der Waals surface area contributed by atoms with Crippen molar-refractivity contribution in [3.05, 3.63) is 0 Å². The van der Waals surface area contributed by atoms with E-state index in [0.717, 1.165) is 25.7 Å². The lowest BCUT2D eigenvalue weighted by atomic mass is 10.1. The van der Waals surface area contributed by atoms with Crippen LogP contribution in [0.3, 0.4) is 0 Å². The van der Waals surface area contributed by atoms with E-state index in [0.29, 0.717) is 0 Å². The molecule has 0 aromatic carbocycles. The smallest absolute Gasteiger partial charge is 0.247 e. The maximum atomic E-state index is 12.4. The molecule has 20 heavy (non-hydrogen) atoms. The highest BCUT2D eigenvalue weighted by atomic mass is 16.2. The van der Waals surface area contributed by atoms with Gasteiger partial charge in [-0.15, -0.1) is 0 Å². The quantitative estimate of drug-likeness (QED) is 0.572. The van der Waals surface area contributed by atoms with Gasteiger partial charge in [0, 0.05) is 6.04 Å². The molecule has 1 aliphatic carbocycles. The highest BCUT2D eigenvalue weighted by Gasteiger charge is 2.42. The highest BCUT2D eigenvalue weighted by molar-refractivity contribution is 6.06. The molecule has 1 heterocycles. The summed E-state index contributed by atoms with van der Waals surface area (Å²) in [7, 11) is 0. The van der Waals surface area contributed by atoms with Crippen LogP contribution in [0, 0.1) is 0 Å². The van der Waals surface area contributed by atoms with Crippen molar-refractivity contribution in [2.45, 2.75) is 70.0 Å². The van der Waals surface area contributed by atoms with Gasteiger partial charge in [0.2, 0.25) is 17.7 Å². The Bertz CT molecular complexity index is 402. The first kappa shape index (κ1) is 15.0. The first-order chi connectivity index (χ1) is 9.50. The van der Waals surface area contributed by atoms with Gasteiger partial charge in [0.1, 0.15) is 0 Å². The van der Waals surface area contributed by atoms with Gasteiger partial charge >= 0.3 is 0 Å². The average Bonchev–Trinajstić information content (AvgIpc) is 2.61. The minimum Gasteiger partial charge on any atom is -0.368 e. The van der Waals surface area contributed by atoms with E-state index in [1.807, 2.05) is 0 Å². The van der Waals surface area contributed by atoms with Crippen LogP contribution < -0.4 is 11.1 Å². The Morgan fingerprint density at radius 2 is 1.85 bits per heavy atom. The number of hydrogen-bond acceptors (Lipinski definition) is 4. The Morgan fingerprint density at radius 3 is 2.40 bits per heavy atom. The second-order valence-corrected chi connectivity index (χ2v) is 5.79. The number of imide groups is 1. The number of amides is 3. The number of carbonyl (C=O) groups is 3. The predicted molar refractivity (Wildman–Crippen MR) is 73.5 cm³/mol. The molecule has 112 valence electrons. The van der Waals surface area contributed by atoms with Crippen LogP contribution in [0.1, 0.15) is 51.9 Å². The van der Waals surface area contributed by atoms with Crippen molar-refractivity contribution in [1.29, 1.82) is 0 Å². The normalized spacial score (nSPS) is 26.6. The number of carbonyl (C=O) groups excluding carboxylic acids is 3. The standard InChI is InChI=1S/C14H23N3O3/c1-9(13(15)19)16-11-8-12(18)17(14(11)20)10-6-4-2-3-5-7-10/h9-11,16H,2-8H2,1H3,(H2,15,19). The van der Waals surface area contributed by atoms with Crippen LogP contribution in [0.15, 0.2) is 0 Å². The molecule has 1 saturated carbocycles. The zero-order valence-electron chi connectivity index (χ0n) is 11.9. The van der Waals surface area contributed by atoms with Crippen molar-refractivity contribution in [1.82, 2.24) is 10.2 Å². The minimum atomic E-state index is -0.606. The van der Waals surface area contributed by atoms with E-state index in [2.05, 4.69) is 5.32 Å². The fourth-order valence-corrected chi connectivity index (χ4v) is 3.06. The molecule has 1 saturated heterocycles. The summed E-state index contributed by atoms with van der Waals surface area (Å²) in [6.07, 6.45) is 6.41.